The summed E-state index contributed by atoms with van der Waals surface area (Å²) < 4.78 is 12.1. The van der Waals surface area contributed by atoms with Crippen LogP contribution in [0.4, 0.5) is 0 Å². The van der Waals surface area contributed by atoms with Crippen molar-refractivity contribution in [3.63, 3.8) is 0 Å². The van der Waals surface area contributed by atoms with Gasteiger partial charge in [0.1, 0.15) is 11.3 Å². The third kappa shape index (κ3) is 5.12. The minimum atomic E-state index is 0.339. The van der Waals surface area contributed by atoms with Crippen molar-refractivity contribution in [2.45, 2.75) is 38.2 Å². The number of hydrogen-bond donors (Lipinski definition) is 0. The van der Waals surface area contributed by atoms with Crippen molar-refractivity contribution >= 4 is 11.0 Å². The van der Waals surface area contributed by atoms with Crippen molar-refractivity contribution < 1.29 is 9.15 Å². The van der Waals surface area contributed by atoms with Crippen LogP contribution in [0.15, 0.2) is 89.6 Å². The number of fused-ring (bicyclic) bond motifs is 1. The first-order chi connectivity index (χ1) is 14.3. The van der Waals surface area contributed by atoms with Gasteiger partial charge in [-0.25, -0.2) is 0 Å². The Labute approximate surface area is 172 Å². The molecule has 0 bridgehead atoms. The van der Waals surface area contributed by atoms with Crippen molar-refractivity contribution in [3.8, 4) is 0 Å². The van der Waals surface area contributed by atoms with Gasteiger partial charge in [0, 0.05) is 30.3 Å². The van der Waals surface area contributed by atoms with E-state index in [2.05, 4.69) is 60.4 Å². The normalized spacial score (nSPS) is 13.4. The zero-order valence-corrected chi connectivity index (χ0v) is 16.8. The molecule has 29 heavy (non-hydrogen) atoms. The number of pyridine rings is 1. The Balaban J connectivity index is 1.41. The fourth-order valence-electron chi connectivity index (χ4n) is 3.83. The van der Waals surface area contributed by atoms with Gasteiger partial charge < -0.3 is 9.15 Å². The quantitative estimate of drug-likeness (QED) is 0.300. The van der Waals surface area contributed by atoms with Crippen LogP contribution in [-0.2, 0) is 11.3 Å². The molecular weight excluding hydrogens is 358 g/mol. The summed E-state index contributed by atoms with van der Waals surface area (Å²) in [4.78, 5) is 4.15. The van der Waals surface area contributed by atoms with Gasteiger partial charge in [-0.2, -0.15) is 0 Å². The minimum Gasteiger partial charge on any atom is -0.461 e. The molecule has 3 nitrogen and oxygen atoms in total. The molecular formula is C26H27NO2. The van der Waals surface area contributed by atoms with E-state index >= 15 is 0 Å². The highest BCUT2D eigenvalue weighted by Gasteiger charge is 2.19. The van der Waals surface area contributed by atoms with Crippen LogP contribution in [0, 0.1) is 0 Å². The fraction of sp³-hybridized carbons (Fsp3) is 0.269. The second-order valence-corrected chi connectivity index (χ2v) is 7.63. The maximum atomic E-state index is 6.11. The van der Waals surface area contributed by atoms with Gasteiger partial charge in [-0.1, -0.05) is 61.5 Å². The molecule has 0 saturated heterocycles. The maximum Gasteiger partial charge on any atom is 0.134 e. The summed E-state index contributed by atoms with van der Waals surface area (Å²) in [7, 11) is 0. The Morgan fingerprint density at radius 2 is 1.79 bits per heavy atom. The molecule has 0 unspecified atom stereocenters. The largest absolute Gasteiger partial charge is 0.461 e. The molecule has 2 atom stereocenters. The first-order valence-corrected chi connectivity index (χ1v) is 10.3. The molecule has 0 radical (unpaired) electrons. The summed E-state index contributed by atoms with van der Waals surface area (Å²) in [6.45, 7) is 3.58. The zero-order valence-electron chi connectivity index (χ0n) is 16.8. The Bertz CT molecular complexity index is 978. The third-order valence-corrected chi connectivity index (χ3v) is 5.44. The molecule has 2 heterocycles. The average Bonchev–Trinajstić information content (AvgIpc) is 3.22. The van der Waals surface area contributed by atoms with Gasteiger partial charge in [0.25, 0.3) is 0 Å². The molecule has 0 amide bonds. The number of benzene rings is 2. The van der Waals surface area contributed by atoms with Crippen LogP contribution < -0.4 is 0 Å². The predicted octanol–water partition coefficient (Wildman–Crippen LogP) is 6.71. The molecule has 3 heteroatoms. The molecule has 0 saturated carbocycles. The molecule has 0 fully saturated rings. The third-order valence-electron chi connectivity index (χ3n) is 5.44. The second kappa shape index (κ2) is 9.53. The summed E-state index contributed by atoms with van der Waals surface area (Å²) in [6, 6.07) is 25.1. The highest BCUT2D eigenvalue weighted by Crippen LogP contribution is 2.34. The highest BCUT2D eigenvalue weighted by molar-refractivity contribution is 5.77. The van der Waals surface area contributed by atoms with Crippen LogP contribution in [-0.4, -0.2) is 11.6 Å². The smallest absolute Gasteiger partial charge is 0.134 e. The summed E-state index contributed by atoms with van der Waals surface area (Å²) >= 11 is 0. The molecule has 0 aliphatic carbocycles. The molecule has 0 aliphatic rings. The van der Waals surface area contributed by atoms with Gasteiger partial charge in [0.15, 0.2) is 0 Å². The molecule has 0 N–H and O–H groups in total. The minimum absolute atomic E-state index is 0.339. The van der Waals surface area contributed by atoms with Crippen LogP contribution in [0.3, 0.4) is 0 Å². The van der Waals surface area contributed by atoms with E-state index in [1.807, 2.05) is 30.5 Å². The molecule has 2 aromatic carbocycles. The van der Waals surface area contributed by atoms with Gasteiger partial charge in [-0.05, 0) is 48.1 Å². The predicted molar refractivity (Wildman–Crippen MR) is 117 cm³/mol. The van der Waals surface area contributed by atoms with Crippen molar-refractivity contribution in [2.75, 3.05) is 6.61 Å². The van der Waals surface area contributed by atoms with Gasteiger partial charge in [0.05, 0.1) is 6.61 Å². The van der Waals surface area contributed by atoms with E-state index in [-0.39, 0.29) is 0 Å². The average molecular weight is 386 g/mol. The Morgan fingerprint density at radius 3 is 2.59 bits per heavy atom. The summed E-state index contributed by atoms with van der Waals surface area (Å²) in [6.07, 6.45) is 5.65. The number of aromatic nitrogens is 1. The van der Waals surface area contributed by atoms with E-state index in [0.29, 0.717) is 18.4 Å². The molecule has 4 aromatic rings. The number of furan rings is 1. The molecule has 2 aromatic heterocycles. The molecule has 4 rings (SSSR count). The SMILES string of the molecule is C[C@@H](C[C@H](CCOCc1cccnc1)c1ccccc1)c1cc2ccccc2o1. The van der Waals surface area contributed by atoms with E-state index < -0.39 is 0 Å². The Morgan fingerprint density at radius 1 is 0.966 bits per heavy atom. The number of nitrogens with zero attached hydrogens (tertiary/aromatic N) is 1. The van der Waals surface area contributed by atoms with Crippen molar-refractivity contribution in [1.82, 2.24) is 4.98 Å². The highest BCUT2D eigenvalue weighted by atomic mass is 16.5. The molecule has 0 spiro atoms. The summed E-state index contributed by atoms with van der Waals surface area (Å²) in [5.74, 6) is 1.82. The lowest BCUT2D eigenvalue weighted by molar-refractivity contribution is 0.112. The van der Waals surface area contributed by atoms with Crippen molar-refractivity contribution in [1.29, 1.82) is 0 Å². The number of ether oxygens (including phenoxy) is 1. The maximum absolute atomic E-state index is 6.11. The summed E-state index contributed by atoms with van der Waals surface area (Å²) in [5.41, 5.74) is 3.44. The van der Waals surface area contributed by atoms with E-state index in [4.69, 9.17) is 9.15 Å². The topological polar surface area (TPSA) is 35.3 Å². The Kier molecular flexibility index (Phi) is 6.38. The van der Waals surface area contributed by atoms with Crippen LogP contribution >= 0.6 is 0 Å². The fourth-order valence-corrected chi connectivity index (χ4v) is 3.83. The monoisotopic (exact) mass is 385 g/mol. The first-order valence-electron chi connectivity index (χ1n) is 10.3. The first kappa shape index (κ1) is 19.4. The molecule has 0 aliphatic heterocycles. The summed E-state index contributed by atoms with van der Waals surface area (Å²) in [5, 5.41) is 1.17. The van der Waals surface area contributed by atoms with E-state index in [1.54, 1.807) is 6.20 Å². The van der Waals surface area contributed by atoms with E-state index in [0.717, 1.165) is 36.4 Å². The molecule has 148 valence electrons. The standard InChI is InChI=1S/C26H27NO2/c1-20(26-17-24-11-5-6-12-25(24)29-26)16-23(22-9-3-2-4-10-22)13-15-28-19-21-8-7-14-27-18-21/h2-12,14,17-18,20,23H,13,15-16,19H2,1H3/t20-,23-/m0/s1. The number of para-hydroxylation sites is 1. The number of rotatable bonds is 9. The van der Waals surface area contributed by atoms with Crippen LogP contribution in [0.1, 0.15) is 48.5 Å². The Hall–Kier alpha value is -2.91. The lowest BCUT2D eigenvalue weighted by Crippen LogP contribution is -2.08. The van der Waals surface area contributed by atoms with Crippen LogP contribution in [0.2, 0.25) is 0 Å². The van der Waals surface area contributed by atoms with Crippen LogP contribution in [0.5, 0.6) is 0 Å². The van der Waals surface area contributed by atoms with E-state index in [9.17, 15) is 0 Å². The lowest BCUT2D eigenvalue weighted by atomic mass is 9.86. The van der Waals surface area contributed by atoms with Gasteiger partial charge >= 0.3 is 0 Å². The van der Waals surface area contributed by atoms with Gasteiger partial charge in [-0.15, -0.1) is 0 Å². The zero-order chi connectivity index (χ0) is 19.9. The van der Waals surface area contributed by atoms with Crippen molar-refractivity contribution in [2.24, 2.45) is 0 Å². The van der Waals surface area contributed by atoms with Gasteiger partial charge in [0.2, 0.25) is 0 Å². The lowest BCUT2D eigenvalue weighted by Gasteiger charge is -2.20. The van der Waals surface area contributed by atoms with E-state index in [1.165, 1.54) is 10.9 Å². The van der Waals surface area contributed by atoms with Crippen LogP contribution in [0.25, 0.3) is 11.0 Å². The van der Waals surface area contributed by atoms with Gasteiger partial charge in [-0.3, -0.25) is 4.98 Å². The second-order valence-electron chi connectivity index (χ2n) is 7.63. The van der Waals surface area contributed by atoms with Crippen molar-refractivity contribution in [3.05, 3.63) is 102 Å². The number of hydrogen-bond acceptors (Lipinski definition) is 3.